The third kappa shape index (κ3) is 4.77. The van der Waals surface area contributed by atoms with Crippen LogP contribution in [-0.4, -0.2) is 43.4 Å². The number of carbonyl (C=O) groups excluding carboxylic acids is 1. The Kier molecular flexibility index (Phi) is 6.28. The second kappa shape index (κ2) is 8.85. The summed E-state index contributed by atoms with van der Waals surface area (Å²) in [5.74, 6) is 2.74. The molecule has 27 heavy (non-hydrogen) atoms. The zero-order valence-corrected chi connectivity index (χ0v) is 16.6. The number of hydrogen-bond acceptors (Lipinski definition) is 6. The van der Waals surface area contributed by atoms with Crippen LogP contribution in [0.5, 0.6) is 0 Å². The molecular weight excluding hydrogens is 362 g/mol. The Bertz CT molecular complexity index is 891. The van der Waals surface area contributed by atoms with Crippen LogP contribution in [0.2, 0.25) is 0 Å². The van der Waals surface area contributed by atoms with E-state index in [4.69, 9.17) is 4.42 Å². The van der Waals surface area contributed by atoms with E-state index in [1.807, 2.05) is 31.2 Å². The van der Waals surface area contributed by atoms with E-state index in [-0.39, 0.29) is 5.91 Å². The molecule has 0 aliphatic rings. The van der Waals surface area contributed by atoms with E-state index in [2.05, 4.69) is 26.7 Å². The highest BCUT2D eigenvalue weighted by Gasteiger charge is 2.17. The number of carbonyl (C=O) groups is 1. The number of pyridine rings is 1. The maximum Gasteiger partial charge on any atom is 0.233 e. The molecule has 0 fully saturated rings. The first-order valence-corrected chi connectivity index (χ1v) is 9.82. The summed E-state index contributed by atoms with van der Waals surface area (Å²) in [4.78, 5) is 18.2. The van der Waals surface area contributed by atoms with Gasteiger partial charge in [-0.15, -0.1) is 10.2 Å². The van der Waals surface area contributed by atoms with Crippen molar-refractivity contribution in [1.29, 1.82) is 0 Å². The van der Waals surface area contributed by atoms with E-state index in [1.165, 1.54) is 11.8 Å². The molecule has 8 heteroatoms. The molecule has 0 radical (unpaired) electrons. The van der Waals surface area contributed by atoms with Gasteiger partial charge in [-0.25, -0.2) is 0 Å². The molecule has 0 saturated carbocycles. The molecule has 7 nitrogen and oxygen atoms in total. The maximum atomic E-state index is 12.5. The van der Waals surface area contributed by atoms with E-state index in [0.29, 0.717) is 12.3 Å². The van der Waals surface area contributed by atoms with Crippen LogP contribution < -0.4 is 0 Å². The number of amides is 1. The Morgan fingerprint density at radius 1 is 1.22 bits per heavy atom. The van der Waals surface area contributed by atoms with Crippen LogP contribution in [0, 0.1) is 6.92 Å². The summed E-state index contributed by atoms with van der Waals surface area (Å²) >= 11 is 1.41. The average Bonchev–Trinajstić information content (AvgIpc) is 3.26. The smallest absolute Gasteiger partial charge is 0.233 e. The van der Waals surface area contributed by atoms with E-state index < -0.39 is 0 Å². The Labute approximate surface area is 162 Å². The molecule has 0 N–H and O–H groups in total. The Morgan fingerprint density at radius 2 is 2.00 bits per heavy atom. The van der Waals surface area contributed by atoms with Crippen molar-refractivity contribution in [3.8, 4) is 11.4 Å². The second-order valence-corrected chi connectivity index (χ2v) is 7.19. The molecule has 0 spiro atoms. The first kappa shape index (κ1) is 19.2. The zero-order chi connectivity index (χ0) is 19.2. The number of hydrogen-bond donors (Lipinski definition) is 0. The summed E-state index contributed by atoms with van der Waals surface area (Å²) in [5.41, 5.74) is 0.967. The molecule has 0 bridgehead atoms. The van der Waals surface area contributed by atoms with Crippen LogP contribution in [0.25, 0.3) is 11.4 Å². The Morgan fingerprint density at radius 3 is 2.67 bits per heavy atom. The lowest BCUT2D eigenvalue weighted by Gasteiger charge is -2.15. The highest BCUT2D eigenvalue weighted by molar-refractivity contribution is 7.99. The van der Waals surface area contributed by atoms with Crippen molar-refractivity contribution < 1.29 is 9.21 Å². The van der Waals surface area contributed by atoms with Gasteiger partial charge in [0.2, 0.25) is 5.91 Å². The second-order valence-electron chi connectivity index (χ2n) is 6.24. The Hall–Kier alpha value is -2.61. The molecule has 142 valence electrons. The summed E-state index contributed by atoms with van der Waals surface area (Å²) in [6, 6.07) is 7.62. The molecule has 0 aromatic carbocycles. The topological polar surface area (TPSA) is 77.0 Å². The van der Waals surface area contributed by atoms with Crippen molar-refractivity contribution in [2.45, 2.75) is 38.5 Å². The van der Waals surface area contributed by atoms with Gasteiger partial charge in [0.25, 0.3) is 0 Å². The predicted octanol–water partition coefficient (Wildman–Crippen LogP) is 3.40. The average molecular weight is 385 g/mol. The number of furan rings is 1. The maximum absolute atomic E-state index is 12.5. The minimum Gasteiger partial charge on any atom is -0.464 e. The third-order valence-corrected chi connectivity index (χ3v) is 4.99. The number of aryl methyl sites for hydroxylation is 1. The number of thioether (sulfide) groups is 1. The van der Waals surface area contributed by atoms with Gasteiger partial charge in [-0.05, 0) is 37.6 Å². The summed E-state index contributed by atoms with van der Waals surface area (Å²) < 4.78 is 7.60. The van der Waals surface area contributed by atoms with Crippen LogP contribution in [0.4, 0.5) is 0 Å². The van der Waals surface area contributed by atoms with E-state index in [1.54, 1.807) is 24.3 Å². The quantitative estimate of drug-likeness (QED) is 0.553. The van der Waals surface area contributed by atoms with Crippen molar-refractivity contribution in [3.63, 3.8) is 0 Å². The standard InChI is InChI=1S/C19H23N5O2S/c1-4-11-24-18(15-7-9-20-10-8-15)21-22-19(24)27-13-17(25)23(3)12-16-6-5-14(2)26-16/h5-10H,4,11-13H2,1-3H3. The van der Waals surface area contributed by atoms with Gasteiger partial charge in [-0.2, -0.15) is 0 Å². The first-order valence-electron chi connectivity index (χ1n) is 8.84. The first-order chi connectivity index (χ1) is 13.1. The normalized spacial score (nSPS) is 10.9. The molecule has 0 aliphatic heterocycles. The molecule has 0 atom stereocenters. The van der Waals surface area contributed by atoms with Crippen molar-refractivity contribution in [2.24, 2.45) is 0 Å². The lowest BCUT2D eigenvalue weighted by Crippen LogP contribution is -2.27. The molecule has 0 saturated heterocycles. The monoisotopic (exact) mass is 385 g/mol. The van der Waals surface area contributed by atoms with E-state index >= 15 is 0 Å². The highest BCUT2D eigenvalue weighted by Crippen LogP contribution is 2.24. The van der Waals surface area contributed by atoms with Crippen LogP contribution >= 0.6 is 11.8 Å². The fraction of sp³-hybridized carbons (Fsp3) is 0.368. The fourth-order valence-electron chi connectivity index (χ4n) is 2.66. The zero-order valence-electron chi connectivity index (χ0n) is 15.8. The van der Waals surface area contributed by atoms with Gasteiger partial charge in [-0.3, -0.25) is 9.78 Å². The third-order valence-electron chi connectivity index (χ3n) is 4.04. The SMILES string of the molecule is CCCn1c(SCC(=O)N(C)Cc2ccc(C)o2)nnc1-c1ccncc1. The largest absolute Gasteiger partial charge is 0.464 e. The molecule has 1 amide bonds. The number of aromatic nitrogens is 4. The molecule has 3 aromatic rings. The summed E-state index contributed by atoms with van der Waals surface area (Å²) in [6.45, 7) is 5.25. The molecular formula is C19H23N5O2S. The summed E-state index contributed by atoms with van der Waals surface area (Å²) in [6.07, 6.45) is 4.43. The molecule has 3 aromatic heterocycles. The minimum absolute atomic E-state index is 0.0190. The van der Waals surface area contributed by atoms with Gasteiger partial charge in [0, 0.05) is 31.5 Å². The highest BCUT2D eigenvalue weighted by atomic mass is 32.2. The van der Waals surface area contributed by atoms with Crippen molar-refractivity contribution >= 4 is 17.7 Å². The minimum atomic E-state index is 0.0190. The van der Waals surface area contributed by atoms with Crippen molar-refractivity contribution in [3.05, 3.63) is 48.2 Å². The summed E-state index contributed by atoms with van der Waals surface area (Å²) in [7, 11) is 1.78. The van der Waals surface area contributed by atoms with Crippen LogP contribution in [-0.2, 0) is 17.9 Å². The molecule has 0 unspecified atom stereocenters. The number of rotatable bonds is 8. The van der Waals surface area contributed by atoms with Crippen LogP contribution in [0.15, 0.2) is 46.2 Å². The van der Waals surface area contributed by atoms with E-state index in [9.17, 15) is 4.79 Å². The fourth-order valence-corrected chi connectivity index (χ4v) is 3.57. The van der Waals surface area contributed by atoms with Crippen molar-refractivity contribution in [2.75, 3.05) is 12.8 Å². The lowest BCUT2D eigenvalue weighted by atomic mass is 10.2. The Balaban J connectivity index is 1.66. The van der Waals surface area contributed by atoms with Gasteiger partial charge in [-0.1, -0.05) is 18.7 Å². The van der Waals surface area contributed by atoms with Gasteiger partial charge >= 0.3 is 0 Å². The molecule has 3 heterocycles. The van der Waals surface area contributed by atoms with Gasteiger partial charge in [0.05, 0.1) is 12.3 Å². The van der Waals surface area contributed by atoms with Crippen molar-refractivity contribution in [1.82, 2.24) is 24.6 Å². The number of nitrogens with zero attached hydrogens (tertiary/aromatic N) is 5. The predicted molar refractivity (Wildman–Crippen MR) is 104 cm³/mol. The molecule has 3 rings (SSSR count). The van der Waals surface area contributed by atoms with Gasteiger partial charge in [0.1, 0.15) is 11.5 Å². The summed E-state index contributed by atoms with van der Waals surface area (Å²) in [5, 5.41) is 9.37. The van der Waals surface area contributed by atoms with E-state index in [0.717, 1.165) is 41.0 Å². The molecule has 0 aliphatic carbocycles. The van der Waals surface area contributed by atoms with Crippen LogP contribution in [0.3, 0.4) is 0 Å². The van der Waals surface area contributed by atoms with Gasteiger partial charge < -0.3 is 13.9 Å². The lowest BCUT2D eigenvalue weighted by molar-refractivity contribution is -0.127. The van der Waals surface area contributed by atoms with Gasteiger partial charge in [0.15, 0.2) is 11.0 Å². The van der Waals surface area contributed by atoms with Crippen LogP contribution in [0.1, 0.15) is 24.9 Å².